The van der Waals surface area contributed by atoms with Gasteiger partial charge < -0.3 is 15.4 Å². The molecule has 0 aliphatic heterocycles. The van der Waals surface area contributed by atoms with Gasteiger partial charge in [-0.1, -0.05) is 30.0 Å². The first-order valence-corrected chi connectivity index (χ1v) is 12.6. The molecule has 0 atom stereocenters. The summed E-state index contributed by atoms with van der Waals surface area (Å²) >= 11 is 2.62. The van der Waals surface area contributed by atoms with Gasteiger partial charge in [-0.05, 0) is 49.2 Å². The fourth-order valence-corrected chi connectivity index (χ4v) is 4.62. The first-order chi connectivity index (χ1) is 16.9. The molecule has 0 spiro atoms. The lowest BCUT2D eigenvalue weighted by molar-refractivity contribution is -0.113. The molecule has 11 heteroatoms. The summed E-state index contributed by atoms with van der Waals surface area (Å²) in [6.07, 6.45) is 1.64. The third-order valence-electron chi connectivity index (χ3n) is 5.06. The number of ether oxygens (including phenoxy) is 1. The minimum Gasteiger partial charge on any atom is -0.497 e. The summed E-state index contributed by atoms with van der Waals surface area (Å²) in [5.74, 6) is 0.854. The van der Waals surface area contributed by atoms with E-state index < -0.39 is 0 Å². The van der Waals surface area contributed by atoms with Crippen LogP contribution in [-0.4, -0.2) is 44.4 Å². The number of benzene rings is 2. The number of thioether (sulfide) groups is 1. The summed E-state index contributed by atoms with van der Waals surface area (Å²) in [6.45, 7) is 4.16. The molecule has 2 heterocycles. The third kappa shape index (κ3) is 6.06. The summed E-state index contributed by atoms with van der Waals surface area (Å²) in [5.41, 5.74) is 3.46. The van der Waals surface area contributed by atoms with Crippen LogP contribution in [0, 0.1) is 13.8 Å². The van der Waals surface area contributed by atoms with Gasteiger partial charge in [-0.3, -0.25) is 14.2 Å². The van der Waals surface area contributed by atoms with Crippen molar-refractivity contribution in [2.24, 2.45) is 0 Å². The molecule has 0 fully saturated rings. The molecule has 2 amide bonds. The molecular weight excluding hydrogens is 484 g/mol. The number of anilines is 1. The highest BCUT2D eigenvalue weighted by molar-refractivity contribution is 7.99. The number of carbonyl (C=O) groups excluding carboxylic acids is 2. The number of carbonyl (C=O) groups is 2. The van der Waals surface area contributed by atoms with Crippen LogP contribution in [0.3, 0.4) is 0 Å². The highest BCUT2D eigenvalue weighted by Gasteiger charge is 2.19. The van der Waals surface area contributed by atoms with E-state index in [1.165, 1.54) is 23.1 Å². The Balaban J connectivity index is 1.55. The van der Waals surface area contributed by atoms with Crippen LogP contribution in [0.1, 0.15) is 27.3 Å². The maximum Gasteiger partial charge on any atom is 0.251 e. The number of aryl methyl sites for hydroxylation is 2. The summed E-state index contributed by atoms with van der Waals surface area (Å²) in [7, 11) is 1.56. The maximum atomic E-state index is 12.7. The van der Waals surface area contributed by atoms with Gasteiger partial charge in [0.15, 0.2) is 16.1 Å². The smallest absolute Gasteiger partial charge is 0.251 e. The van der Waals surface area contributed by atoms with Crippen molar-refractivity contribution in [1.29, 1.82) is 0 Å². The molecule has 0 saturated carbocycles. The van der Waals surface area contributed by atoms with Crippen LogP contribution in [0.5, 0.6) is 5.75 Å². The van der Waals surface area contributed by atoms with Crippen LogP contribution in [-0.2, 0) is 11.3 Å². The fourth-order valence-electron chi connectivity index (χ4n) is 3.31. The monoisotopic (exact) mass is 508 g/mol. The van der Waals surface area contributed by atoms with Crippen molar-refractivity contribution in [2.45, 2.75) is 25.5 Å². The quantitative estimate of drug-likeness (QED) is 0.329. The van der Waals surface area contributed by atoms with Crippen LogP contribution in [0.2, 0.25) is 0 Å². The van der Waals surface area contributed by atoms with E-state index in [2.05, 4.69) is 25.8 Å². The predicted octanol–water partition coefficient (Wildman–Crippen LogP) is 4.01. The lowest BCUT2D eigenvalue weighted by Crippen LogP contribution is -2.24. The van der Waals surface area contributed by atoms with Crippen molar-refractivity contribution in [3.05, 3.63) is 76.6 Å². The number of aromatic nitrogens is 4. The third-order valence-corrected chi connectivity index (χ3v) is 6.67. The first-order valence-electron chi connectivity index (χ1n) is 10.7. The summed E-state index contributed by atoms with van der Waals surface area (Å²) in [6, 6.07) is 13.0. The largest absolute Gasteiger partial charge is 0.497 e. The van der Waals surface area contributed by atoms with Crippen molar-refractivity contribution in [2.75, 3.05) is 18.2 Å². The van der Waals surface area contributed by atoms with E-state index >= 15 is 0 Å². The predicted molar refractivity (Wildman–Crippen MR) is 136 cm³/mol. The molecule has 4 rings (SSSR count). The molecule has 180 valence electrons. The standard InChI is InChI=1S/C24H24N6O3S2/c1-15-7-8-16(2)19(11-15)30-20(13-26-22(32)17-5-4-6-18(12-17)33-3)28-29-24(30)35-14-21(31)27-23-25-9-10-34-23/h4-12H,13-14H2,1-3H3,(H,26,32)(H,25,27,31). The van der Waals surface area contributed by atoms with Gasteiger partial charge in [-0.2, -0.15) is 0 Å². The molecule has 4 aromatic rings. The van der Waals surface area contributed by atoms with Crippen molar-refractivity contribution in [3.63, 3.8) is 0 Å². The number of nitrogens with zero attached hydrogens (tertiary/aromatic N) is 4. The zero-order valence-electron chi connectivity index (χ0n) is 19.4. The number of hydrogen-bond donors (Lipinski definition) is 2. The molecular formula is C24H24N6O3S2. The SMILES string of the molecule is COc1cccc(C(=O)NCc2nnc(SCC(=O)Nc3nccs3)n2-c2cc(C)ccc2C)c1. The Hall–Kier alpha value is -3.70. The van der Waals surface area contributed by atoms with Gasteiger partial charge in [0.05, 0.1) is 25.1 Å². The molecule has 0 bridgehead atoms. The molecule has 0 saturated heterocycles. The summed E-state index contributed by atoms with van der Waals surface area (Å²) in [5, 5.41) is 17.2. The minimum atomic E-state index is -0.253. The number of rotatable bonds is 9. The second-order valence-electron chi connectivity index (χ2n) is 7.61. The van der Waals surface area contributed by atoms with Crippen LogP contribution in [0.25, 0.3) is 5.69 Å². The summed E-state index contributed by atoms with van der Waals surface area (Å²) < 4.78 is 7.09. The summed E-state index contributed by atoms with van der Waals surface area (Å²) in [4.78, 5) is 29.2. The van der Waals surface area contributed by atoms with Gasteiger partial charge in [0.1, 0.15) is 5.75 Å². The van der Waals surface area contributed by atoms with Gasteiger partial charge in [0, 0.05) is 17.1 Å². The number of methoxy groups -OCH3 is 1. The molecule has 35 heavy (non-hydrogen) atoms. The van der Waals surface area contributed by atoms with Gasteiger partial charge in [0.2, 0.25) is 5.91 Å². The molecule has 2 N–H and O–H groups in total. The number of hydrogen-bond acceptors (Lipinski definition) is 8. The van der Waals surface area contributed by atoms with Crippen molar-refractivity contribution in [3.8, 4) is 11.4 Å². The van der Waals surface area contributed by atoms with Crippen molar-refractivity contribution < 1.29 is 14.3 Å². The van der Waals surface area contributed by atoms with Gasteiger partial charge in [-0.25, -0.2) is 4.98 Å². The lowest BCUT2D eigenvalue weighted by atomic mass is 10.1. The molecule has 2 aromatic heterocycles. The Kier molecular flexibility index (Phi) is 7.78. The van der Waals surface area contributed by atoms with Crippen LogP contribution in [0.4, 0.5) is 5.13 Å². The van der Waals surface area contributed by atoms with E-state index in [-0.39, 0.29) is 24.1 Å². The van der Waals surface area contributed by atoms with Crippen molar-refractivity contribution in [1.82, 2.24) is 25.1 Å². The molecule has 0 radical (unpaired) electrons. The second kappa shape index (κ2) is 11.2. The van der Waals surface area contributed by atoms with E-state index in [4.69, 9.17) is 4.74 Å². The van der Waals surface area contributed by atoms with E-state index in [0.717, 1.165) is 16.8 Å². The number of nitrogens with one attached hydrogen (secondary N) is 2. The molecule has 0 aliphatic rings. The normalized spacial score (nSPS) is 10.7. The molecule has 0 aliphatic carbocycles. The Bertz CT molecular complexity index is 1340. The van der Waals surface area contributed by atoms with Gasteiger partial charge >= 0.3 is 0 Å². The van der Waals surface area contributed by atoms with Gasteiger partial charge in [0.25, 0.3) is 5.91 Å². The molecule has 2 aromatic carbocycles. The first kappa shape index (κ1) is 24.4. The average Bonchev–Trinajstić information content (AvgIpc) is 3.52. The second-order valence-corrected chi connectivity index (χ2v) is 9.45. The van der Waals surface area contributed by atoms with Crippen LogP contribution < -0.4 is 15.4 Å². The maximum absolute atomic E-state index is 12.7. The Labute approximate surface area is 211 Å². The van der Waals surface area contributed by atoms with E-state index in [1.54, 1.807) is 43.0 Å². The minimum absolute atomic E-state index is 0.138. The number of amides is 2. The van der Waals surface area contributed by atoms with Crippen LogP contribution in [0.15, 0.2) is 59.2 Å². The lowest BCUT2D eigenvalue weighted by Gasteiger charge is -2.14. The average molecular weight is 509 g/mol. The zero-order chi connectivity index (χ0) is 24.8. The van der Waals surface area contributed by atoms with E-state index in [9.17, 15) is 9.59 Å². The highest BCUT2D eigenvalue weighted by atomic mass is 32.2. The Morgan fingerprint density at radius 2 is 2.00 bits per heavy atom. The Morgan fingerprint density at radius 1 is 1.14 bits per heavy atom. The van der Waals surface area contributed by atoms with Crippen molar-refractivity contribution >= 4 is 40.0 Å². The van der Waals surface area contributed by atoms with E-state index in [0.29, 0.717) is 27.4 Å². The molecule has 9 nitrogen and oxygen atoms in total. The Morgan fingerprint density at radius 3 is 2.77 bits per heavy atom. The van der Waals surface area contributed by atoms with Gasteiger partial charge in [-0.15, -0.1) is 21.5 Å². The van der Waals surface area contributed by atoms with E-state index in [1.807, 2.05) is 36.6 Å². The number of thiazole rings is 1. The topological polar surface area (TPSA) is 111 Å². The zero-order valence-corrected chi connectivity index (χ0v) is 21.1. The highest BCUT2D eigenvalue weighted by Crippen LogP contribution is 2.26. The van der Waals surface area contributed by atoms with Crippen LogP contribution >= 0.6 is 23.1 Å². The fraction of sp³-hybridized carbons (Fsp3) is 0.208. The molecule has 0 unspecified atom stereocenters.